The molecule has 0 saturated carbocycles. The van der Waals surface area contributed by atoms with Crippen molar-refractivity contribution in [2.75, 3.05) is 18.5 Å². The number of hydrogen-bond acceptors (Lipinski definition) is 5. The number of nitrogens with zero attached hydrogens (tertiary/aromatic N) is 2. The van der Waals surface area contributed by atoms with Gasteiger partial charge in [-0.3, -0.25) is 0 Å². The lowest BCUT2D eigenvalue weighted by atomic mass is 10.2. The molecule has 1 aliphatic rings. The van der Waals surface area contributed by atoms with E-state index in [0.717, 1.165) is 31.0 Å². The fraction of sp³-hybridized carbons (Fsp3) is 0.636. The molecule has 0 radical (unpaired) electrons. The van der Waals surface area contributed by atoms with Gasteiger partial charge in [0.05, 0.1) is 17.9 Å². The van der Waals surface area contributed by atoms with Crippen LogP contribution < -0.4 is 5.32 Å². The highest BCUT2D eigenvalue weighted by Crippen LogP contribution is 2.27. The first kappa shape index (κ1) is 11.3. The first-order valence-corrected chi connectivity index (χ1v) is 5.61. The standard InChI is InChI=1S/C11H17N3O2/c1-8(15)6-12-11-5-9(13-7-14-11)10-3-2-4-16-10/h5,7-8,10,15H,2-4,6H2,1H3,(H,12,13,14). The van der Waals surface area contributed by atoms with Crippen LogP contribution in [0.5, 0.6) is 0 Å². The van der Waals surface area contributed by atoms with E-state index < -0.39 is 0 Å². The van der Waals surface area contributed by atoms with E-state index in [1.54, 1.807) is 6.92 Å². The van der Waals surface area contributed by atoms with E-state index in [2.05, 4.69) is 15.3 Å². The SMILES string of the molecule is CC(O)CNc1cc(C2CCCO2)ncn1. The monoisotopic (exact) mass is 223 g/mol. The van der Waals surface area contributed by atoms with Gasteiger partial charge in [-0.2, -0.15) is 0 Å². The van der Waals surface area contributed by atoms with E-state index in [-0.39, 0.29) is 12.2 Å². The Morgan fingerprint density at radius 3 is 3.19 bits per heavy atom. The molecule has 2 rings (SSSR count). The van der Waals surface area contributed by atoms with Crippen molar-refractivity contribution >= 4 is 5.82 Å². The number of aromatic nitrogens is 2. The molecule has 0 amide bonds. The minimum atomic E-state index is -0.388. The van der Waals surface area contributed by atoms with Crippen molar-refractivity contribution in [2.45, 2.75) is 32.0 Å². The molecule has 0 aromatic carbocycles. The third kappa shape index (κ3) is 2.90. The molecule has 1 aromatic rings. The fourth-order valence-corrected chi connectivity index (χ4v) is 1.71. The minimum absolute atomic E-state index is 0.107. The van der Waals surface area contributed by atoms with Gasteiger partial charge in [-0.25, -0.2) is 9.97 Å². The second-order valence-electron chi connectivity index (χ2n) is 4.06. The van der Waals surface area contributed by atoms with E-state index in [9.17, 15) is 0 Å². The molecule has 16 heavy (non-hydrogen) atoms. The molecule has 1 fully saturated rings. The first-order valence-electron chi connectivity index (χ1n) is 5.61. The van der Waals surface area contributed by atoms with Crippen LogP contribution in [-0.2, 0) is 4.74 Å². The number of aliphatic hydroxyl groups excluding tert-OH is 1. The van der Waals surface area contributed by atoms with E-state index in [0.29, 0.717) is 6.54 Å². The normalized spacial score (nSPS) is 22.0. The number of anilines is 1. The summed E-state index contributed by atoms with van der Waals surface area (Å²) in [5, 5.41) is 12.2. The zero-order valence-electron chi connectivity index (χ0n) is 9.39. The van der Waals surface area contributed by atoms with Gasteiger partial charge >= 0.3 is 0 Å². The quantitative estimate of drug-likeness (QED) is 0.800. The average Bonchev–Trinajstić information content (AvgIpc) is 2.80. The Kier molecular flexibility index (Phi) is 3.69. The molecular weight excluding hydrogens is 206 g/mol. The number of rotatable bonds is 4. The molecule has 0 spiro atoms. The molecule has 1 saturated heterocycles. The third-order valence-corrected chi connectivity index (χ3v) is 2.53. The van der Waals surface area contributed by atoms with Crippen molar-refractivity contribution in [3.05, 3.63) is 18.1 Å². The number of hydrogen-bond donors (Lipinski definition) is 2. The van der Waals surface area contributed by atoms with Gasteiger partial charge in [-0.1, -0.05) is 0 Å². The van der Waals surface area contributed by atoms with Crippen molar-refractivity contribution in [2.24, 2.45) is 0 Å². The minimum Gasteiger partial charge on any atom is -0.392 e. The maximum atomic E-state index is 9.16. The molecule has 5 nitrogen and oxygen atoms in total. The molecule has 2 atom stereocenters. The molecule has 0 bridgehead atoms. The highest BCUT2D eigenvalue weighted by Gasteiger charge is 2.19. The summed E-state index contributed by atoms with van der Waals surface area (Å²) in [5.41, 5.74) is 0.917. The fourth-order valence-electron chi connectivity index (χ4n) is 1.71. The Bertz CT molecular complexity index is 338. The van der Waals surface area contributed by atoms with Crippen molar-refractivity contribution in [3.8, 4) is 0 Å². The molecule has 1 aliphatic heterocycles. The summed E-state index contributed by atoms with van der Waals surface area (Å²) in [5.74, 6) is 0.737. The summed E-state index contributed by atoms with van der Waals surface area (Å²) in [7, 11) is 0. The van der Waals surface area contributed by atoms with E-state index in [1.807, 2.05) is 6.07 Å². The summed E-state index contributed by atoms with van der Waals surface area (Å²) in [4.78, 5) is 8.30. The number of ether oxygens (including phenoxy) is 1. The topological polar surface area (TPSA) is 67.3 Å². The van der Waals surface area contributed by atoms with Crippen LogP contribution in [0.3, 0.4) is 0 Å². The lowest BCUT2D eigenvalue weighted by Crippen LogP contribution is -2.16. The predicted molar refractivity (Wildman–Crippen MR) is 60.1 cm³/mol. The van der Waals surface area contributed by atoms with Gasteiger partial charge in [0.1, 0.15) is 12.1 Å². The summed E-state index contributed by atoms with van der Waals surface area (Å²) in [6, 6.07) is 1.89. The van der Waals surface area contributed by atoms with E-state index in [4.69, 9.17) is 9.84 Å². The Morgan fingerprint density at radius 2 is 2.50 bits per heavy atom. The zero-order chi connectivity index (χ0) is 11.4. The van der Waals surface area contributed by atoms with Crippen molar-refractivity contribution in [3.63, 3.8) is 0 Å². The zero-order valence-corrected chi connectivity index (χ0v) is 9.39. The van der Waals surface area contributed by atoms with Gasteiger partial charge in [0.2, 0.25) is 0 Å². The summed E-state index contributed by atoms with van der Waals surface area (Å²) in [6.07, 6.45) is 3.36. The lowest BCUT2D eigenvalue weighted by molar-refractivity contribution is 0.108. The van der Waals surface area contributed by atoms with Crippen LogP contribution in [0.2, 0.25) is 0 Å². The molecular formula is C11H17N3O2. The Labute approximate surface area is 94.9 Å². The molecule has 2 unspecified atom stereocenters. The second-order valence-corrected chi connectivity index (χ2v) is 4.06. The van der Waals surface area contributed by atoms with Gasteiger partial charge in [0, 0.05) is 19.2 Å². The number of nitrogens with one attached hydrogen (secondary N) is 1. The summed E-state index contributed by atoms with van der Waals surface area (Å²) < 4.78 is 5.55. The Morgan fingerprint density at radius 1 is 1.62 bits per heavy atom. The molecule has 88 valence electrons. The van der Waals surface area contributed by atoms with Crippen LogP contribution in [0.25, 0.3) is 0 Å². The maximum Gasteiger partial charge on any atom is 0.129 e. The molecule has 2 N–H and O–H groups in total. The van der Waals surface area contributed by atoms with Crippen molar-refractivity contribution < 1.29 is 9.84 Å². The third-order valence-electron chi connectivity index (χ3n) is 2.53. The number of aliphatic hydroxyl groups is 1. The average molecular weight is 223 g/mol. The lowest BCUT2D eigenvalue weighted by Gasteiger charge is -2.11. The smallest absolute Gasteiger partial charge is 0.129 e. The van der Waals surface area contributed by atoms with Gasteiger partial charge in [0.15, 0.2) is 0 Å². The highest BCUT2D eigenvalue weighted by molar-refractivity contribution is 5.35. The van der Waals surface area contributed by atoms with Gasteiger partial charge in [-0.05, 0) is 19.8 Å². The largest absolute Gasteiger partial charge is 0.392 e. The van der Waals surface area contributed by atoms with Crippen LogP contribution in [0.4, 0.5) is 5.82 Å². The van der Waals surface area contributed by atoms with Gasteiger partial charge < -0.3 is 15.2 Å². The van der Waals surface area contributed by atoms with Crippen molar-refractivity contribution in [1.29, 1.82) is 0 Å². The summed E-state index contributed by atoms with van der Waals surface area (Å²) >= 11 is 0. The predicted octanol–water partition coefficient (Wildman–Crippen LogP) is 1.12. The van der Waals surface area contributed by atoms with E-state index in [1.165, 1.54) is 6.33 Å². The Balaban J connectivity index is 2.01. The van der Waals surface area contributed by atoms with Crippen LogP contribution >= 0.6 is 0 Å². The summed E-state index contributed by atoms with van der Waals surface area (Å²) in [6.45, 7) is 3.03. The molecule has 1 aromatic heterocycles. The van der Waals surface area contributed by atoms with Crippen LogP contribution in [0, 0.1) is 0 Å². The second kappa shape index (κ2) is 5.23. The van der Waals surface area contributed by atoms with Gasteiger partial charge in [0.25, 0.3) is 0 Å². The van der Waals surface area contributed by atoms with Gasteiger partial charge in [-0.15, -0.1) is 0 Å². The van der Waals surface area contributed by atoms with Crippen LogP contribution in [-0.4, -0.2) is 34.3 Å². The Hall–Kier alpha value is -1.20. The maximum absolute atomic E-state index is 9.16. The van der Waals surface area contributed by atoms with Crippen LogP contribution in [0.15, 0.2) is 12.4 Å². The first-order chi connectivity index (χ1) is 7.75. The molecule has 2 heterocycles. The molecule has 0 aliphatic carbocycles. The molecule has 5 heteroatoms. The van der Waals surface area contributed by atoms with Crippen LogP contribution in [0.1, 0.15) is 31.6 Å². The van der Waals surface area contributed by atoms with E-state index >= 15 is 0 Å². The highest BCUT2D eigenvalue weighted by atomic mass is 16.5. The van der Waals surface area contributed by atoms with Crippen molar-refractivity contribution in [1.82, 2.24) is 9.97 Å².